The van der Waals surface area contributed by atoms with Crippen molar-refractivity contribution in [1.82, 2.24) is 0 Å². The first-order valence-corrected chi connectivity index (χ1v) is 11.1. The van der Waals surface area contributed by atoms with Crippen LogP contribution in [0.3, 0.4) is 0 Å². The Bertz CT molecular complexity index is 1010. The van der Waals surface area contributed by atoms with Crippen LogP contribution in [-0.2, 0) is 11.2 Å². The van der Waals surface area contributed by atoms with Gasteiger partial charge in [-0.05, 0) is 43.9 Å². The fourth-order valence-corrected chi connectivity index (χ4v) is 3.53. The second-order valence-corrected chi connectivity index (χ2v) is 7.65. The highest BCUT2D eigenvalue weighted by Gasteiger charge is 2.31. The fraction of sp³-hybridized carbons (Fsp3) is 0.208. The number of hydrogen-bond acceptors (Lipinski definition) is 5. The van der Waals surface area contributed by atoms with E-state index in [2.05, 4.69) is 48.5 Å². The molecule has 1 heterocycles. The van der Waals surface area contributed by atoms with E-state index in [1.165, 1.54) is 16.7 Å². The van der Waals surface area contributed by atoms with Crippen LogP contribution in [0, 0.1) is 10.2 Å². The Kier molecular flexibility index (Phi) is 7.79. The van der Waals surface area contributed by atoms with E-state index in [1.807, 2.05) is 31.4 Å². The summed E-state index contributed by atoms with van der Waals surface area (Å²) in [7, 11) is -4.94. The molecule has 2 aromatic carbocycles. The molecule has 0 atom stereocenters. The van der Waals surface area contributed by atoms with Gasteiger partial charge in [-0.2, -0.15) is 0 Å². The maximum atomic E-state index is 8.49. The van der Waals surface area contributed by atoms with Crippen molar-refractivity contribution in [3.05, 3.63) is 84.3 Å². The van der Waals surface area contributed by atoms with Crippen molar-refractivity contribution >= 4 is 5.57 Å². The van der Waals surface area contributed by atoms with E-state index < -0.39 is 10.2 Å². The average Bonchev–Trinajstić information content (AvgIpc) is 2.77. The minimum absolute atomic E-state index is 0.669. The molecule has 3 aromatic rings. The third-order valence-corrected chi connectivity index (χ3v) is 4.79. The van der Waals surface area contributed by atoms with Gasteiger partial charge in [0.1, 0.15) is 0 Å². The minimum Gasteiger partial charge on any atom is -0.501 e. The van der Waals surface area contributed by atoms with E-state index in [9.17, 15) is 0 Å². The summed E-state index contributed by atoms with van der Waals surface area (Å²) in [6.07, 6.45) is 5.02. The molecule has 1 aromatic heterocycles. The second-order valence-electron chi connectivity index (χ2n) is 6.89. The molecule has 7 heteroatoms. The van der Waals surface area contributed by atoms with Gasteiger partial charge in [0.15, 0.2) is 0 Å². The zero-order valence-corrected chi connectivity index (χ0v) is 17.8. The highest BCUT2D eigenvalue weighted by Crippen LogP contribution is 2.40. The van der Waals surface area contributed by atoms with E-state index in [-0.39, 0.29) is 0 Å². The smallest absolute Gasteiger partial charge is 0.363 e. The zero-order chi connectivity index (χ0) is 22.3. The molecule has 0 unspecified atom stereocenters. The van der Waals surface area contributed by atoms with Crippen LogP contribution in [0.2, 0.25) is 0 Å². The van der Waals surface area contributed by atoms with Crippen molar-refractivity contribution < 1.29 is 38.0 Å². The van der Waals surface area contributed by atoms with Gasteiger partial charge >= 0.3 is 11.5 Å². The number of allylic oxidation sites excluding steroid dienone is 1. The Balaban J connectivity index is 0.000000491. The van der Waals surface area contributed by atoms with Crippen LogP contribution in [0.25, 0.3) is 28.0 Å². The van der Waals surface area contributed by atoms with Crippen LogP contribution in [0.5, 0.6) is 0 Å². The third kappa shape index (κ3) is 6.62. The van der Waals surface area contributed by atoms with E-state index in [0.717, 1.165) is 41.9 Å². The lowest BCUT2D eigenvalue weighted by atomic mass is 9.87. The first kappa shape index (κ1) is 22.9. The quantitative estimate of drug-likeness (QED) is 0.450. The van der Waals surface area contributed by atoms with Crippen molar-refractivity contribution in [2.24, 2.45) is 0 Å². The Morgan fingerprint density at radius 1 is 0.903 bits per heavy atom. The van der Waals surface area contributed by atoms with Gasteiger partial charge in [-0.1, -0.05) is 48.5 Å². The summed E-state index contributed by atoms with van der Waals surface area (Å²) in [5.74, 6) is 1.87. The first-order valence-electron chi connectivity index (χ1n) is 9.90. The molecule has 0 radical (unpaired) electrons. The number of rotatable bonds is 4. The summed E-state index contributed by atoms with van der Waals surface area (Å²) >= 11 is 0. The lowest BCUT2D eigenvalue weighted by Gasteiger charge is -2.17. The van der Waals surface area contributed by atoms with Crippen LogP contribution < -0.4 is 18.6 Å². The Morgan fingerprint density at radius 2 is 1.48 bits per heavy atom. The van der Waals surface area contributed by atoms with Crippen LogP contribution in [0.15, 0.2) is 77.4 Å². The maximum Gasteiger partial charge on any atom is 0.363 e. The van der Waals surface area contributed by atoms with Gasteiger partial charge in [0.05, 0.1) is 35.6 Å². The topological polar surface area (TPSA) is 113 Å². The second kappa shape index (κ2) is 10.5. The van der Waals surface area contributed by atoms with Gasteiger partial charge in [-0.25, -0.2) is 23.1 Å². The number of ether oxygens (including phenoxy) is 1. The highest BCUT2D eigenvalue weighted by atomic mass is 35.7. The SMILES string of the molecule is CCOC=C1CCCc2c(-c3ccccc3)cc(-c3ccccc3)[o+]c21.[O-][Cl+3]([O-])([O-])[O-]. The van der Waals surface area contributed by atoms with Crippen molar-refractivity contribution in [3.63, 3.8) is 0 Å². The zero-order valence-electron chi connectivity index (χ0n) is 17.1. The summed E-state index contributed by atoms with van der Waals surface area (Å²) in [5, 5.41) is 0. The van der Waals surface area contributed by atoms with E-state index in [4.69, 9.17) is 27.8 Å². The van der Waals surface area contributed by atoms with Gasteiger partial charge in [0, 0.05) is 5.56 Å². The maximum absolute atomic E-state index is 8.49. The standard InChI is InChI=1S/C24H23O2.ClHO4/c1-2-25-17-20-14-9-15-21-22(18-10-5-3-6-11-18)16-23(26-24(20)21)19-12-7-4-8-13-19;2-1(3,4)5/h3-8,10-13,16-17H,2,9,14-15H2,1H3;(H,2,3,4,5)/q+1;/p-1. The molecule has 0 fully saturated rings. The monoisotopic (exact) mass is 442 g/mol. The number of hydrogen-bond donors (Lipinski definition) is 0. The highest BCUT2D eigenvalue weighted by molar-refractivity contribution is 5.79. The van der Waals surface area contributed by atoms with Gasteiger partial charge < -0.3 is 4.74 Å². The number of halogens is 1. The van der Waals surface area contributed by atoms with Crippen molar-refractivity contribution in [2.45, 2.75) is 26.2 Å². The molecule has 0 N–H and O–H groups in total. The molecule has 0 saturated carbocycles. The molecule has 162 valence electrons. The Hall–Kier alpha value is -2.74. The molecule has 1 aliphatic rings. The van der Waals surface area contributed by atoms with Crippen molar-refractivity contribution in [3.8, 4) is 22.5 Å². The van der Waals surface area contributed by atoms with Gasteiger partial charge in [0.25, 0.3) is 0 Å². The number of fused-ring (bicyclic) bond motifs is 1. The molecule has 4 rings (SSSR count). The summed E-state index contributed by atoms with van der Waals surface area (Å²) in [5.41, 5.74) is 6.02. The normalized spacial score (nSPS) is 14.4. The largest absolute Gasteiger partial charge is 0.501 e. The molecule has 0 aliphatic heterocycles. The van der Waals surface area contributed by atoms with Gasteiger partial charge in [0.2, 0.25) is 0 Å². The van der Waals surface area contributed by atoms with Crippen LogP contribution in [0.1, 0.15) is 31.1 Å². The lowest BCUT2D eigenvalue weighted by molar-refractivity contribution is -2.00. The lowest BCUT2D eigenvalue weighted by Crippen LogP contribution is -2.68. The van der Waals surface area contributed by atoms with Crippen molar-refractivity contribution in [1.29, 1.82) is 0 Å². The summed E-state index contributed by atoms with van der Waals surface area (Å²) < 4.78 is 46.0. The predicted octanol–water partition coefficient (Wildman–Crippen LogP) is 1.85. The molecular formula is C24H23ClO6. The molecule has 0 amide bonds. The third-order valence-electron chi connectivity index (χ3n) is 4.79. The fourth-order valence-electron chi connectivity index (χ4n) is 3.53. The first-order chi connectivity index (χ1) is 14.9. The van der Waals surface area contributed by atoms with E-state index in [0.29, 0.717) is 6.61 Å². The van der Waals surface area contributed by atoms with Gasteiger partial charge in [-0.15, -0.1) is 10.2 Å². The number of benzene rings is 2. The summed E-state index contributed by atoms with van der Waals surface area (Å²) in [6.45, 7) is 2.68. The molecule has 0 spiro atoms. The van der Waals surface area contributed by atoms with Crippen LogP contribution >= 0.6 is 0 Å². The molecule has 1 aliphatic carbocycles. The molecule has 0 bridgehead atoms. The van der Waals surface area contributed by atoms with E-state index in [1.54, 1.807) is 0 Å². The Labute approximate surface area is 183 Å². The molecule has 31 heavy (non-hydrogen) atoms. The van der Waals surface area contributed by atoms with Gasteiger partial charge in [-0.3, -0.25) is 0 Å². The van der Waals surface area contributed by atoms with E-state index >= 15 is 0 Å². The van der Waals surface area contributed by atoms with Crippen LogP contribution in [0.4, 0.5) is 0 Å². The minimum atomic E-state index is -4.94. The Morgan fingerprint density at radius 3 is 2.06 bits per heavy atom. The average molecular weight is 443 g/mol. The predicted molar refractivity (Wildman–Crippen MR) is 107 cm³/mol. The summed E-state index contributed by atoms with van der Waals surface area (Å²) in [6, 6.07) is 23.1. The molecular weight excluding hydrogens is 420 g/mol. The van der Waals surface area contributed by atoms with Crippen LogP contribution in [-0.4, -0.2) is 6.61 Å². The molecule has 6 nitrogen and oxygen atoms in total. The molecule has 0 saturated heterocycles. The van der Waals surface area contributed by atoms with Crippen molar-refractivity contribution in [2.75, 3.05) is 6.61 Å². The summed E-state index contributed by atoms with van der Waals surface area (Å²) in [4.78, 5) is 0.